The van der Waals surface area contributed by atoms with E-state index in [1.165, 1.54) is 5.06 Å². The van der Waals surface area contributed by atoms with Crippen LogP contribution in [0.25, 0.3) is 6.08 Å². The molecule has 0 saturated heterocycles. The van der Waals surface area contributed by atoms with Crippen LogP contribution in [0.2, 0.25) is 0 Å². The molecule has 0 atom stereocenters. The number of aliphatic imine (C=N–C) groups is 1. The fourth-order valence-corrected chi connectivity index (χ4v) is 3.60. The number of amides is 1. The van der Waals surface area contributed by atoms with E-state index < -0.39 is 5.91 Å². The minimum atomic E-state index is -0.484. The van der Waals surface area contributed by atoms with Gasteiger partial charge in [-0.1, -0.05) is 12.1 Å². The van der Waals surface area contributed by atoms with Gasteiger partial charge in [0.2, 0.25) is 0 Å². The van der Waals surface area contributed by atoms with Gasteiger partial charge in [0.05, 0.1) is 17.2 Å². The number of methoxy groups -OCH3 is 1. The van der Waals surface area contributed by atoms with Gasteiger partial charge in [0.25, 0.3) is 5.91 Å². The summed E-state index contributed by atoms with van der Waals surface area (Å²) in [6.07, 6.45) is 3.21. The molecule has 2 aliphatic heterocycles. The quantitative estimate of drug-likeness (QED) is 0.451. The van der Waals surface area contributed by atoms with Gasteiger partial charge in [0.1, 0.15) is 36.2 Å². The average Bonchev–Trinajstić information content (AvgIpc) is 3.15. The van der Waals surface area contributed by atoms with Gasteiger partial charge in [-0.3, -0.25) is 10.2 Å². The summed E-state index contributed by atoms with van der Waals surface area (Å²) in [6.45, 7) is 2.44. The number of rotatable bonds is 7. The summed E-state index contributed by atoms with van der Waals surface area (Å²) in [7, 11) is 1.61. The maximum atomic E-state index is 12.4. The third-order valence-corrected chi connectivity index (χ3v) is 5.22. The molecule has 2 heterocycles. The highest BCUT2D eigenvalue weighted by molar-refractivity contribution is 9.10. The lowest BCUT2D eigenvalue weighted by Crippen LogP contribution is -2.38. The molecule has 1 amide bonds. The molecule has 0 aliphatic carbocycles. The van der Waals surface area contributed by atoms with Crippen molar-refractivity contribution in [3.05, 3.63) is 69.9 Å². The van der Waals surface area contributed by atoms with Crippen molar-refractivity contribution in [3.8, 4) is 17.2 Å². The summed E-state index contributed by atoms with van der Waals surface area (Å²) in [5, 5.41) is 9.52. The van der Waals surface area contributed by atoms with Crippen LogP contribution >= 0.6 is 15.9 Å². The Kier molecular flexibility index (Phi) is 6.27. The molecule has 2 aromatic rings. The highest BCUT2D eigenvalue weighted by Gasteiger charge is 2.34. The van der Waals surface area contributed by atoms with Crippen molar-refractivity contribution in [1.82, 2.24) is 5.06 Å². The zero-order chi connectivity index (χ0) is 22.7. The number of allylic oxidation sites excluding steroid dienone is 1. The maximum absolute atomic E-state index is 12.4. The van der Waals surface area contributed by atoms with E-state index >= 15 is 0 Å². The van der Waals surface area contributed by atoms with Crippen molar-refractivity contribution >= 4 is 39.6 Å². The summed E-state index contributed by atoms with van der Waals surface area (Å²) in [4.78, 5) is 21.8. The second-order valence-electron chi connectivity index (χ2n) is 6.89. The van der Waals surface area contributed by atoms with Crippen molar-refractivity contribution in [3.63, 3.8) is 0 Å². The minimum Gasteiger partial charge on any atom is -0.497 e. The topological polar surface area (TPSA) is 93.4 Å². The predicted molar refractivity (Wildman–Crippen MR) is 123 cm³/mol. The number of hydroxylamine groups is 2. The van der Waals surface area contributed by atoms with Crippen LogP contribution < -0.4 is 14.2 Å². The van der Waals surface area contributed by atoms with E-state index in [4.69, 9.17) is 24.5 Å². The monoisotopic (exact) mass is 497 g/mol. The summed E-state index contributed by atoms with van der Waals surface area (Å²) in [5.74, 6) is 2.41. The van der Waals surface area contributed by atoms with Crippen molar-refractivity contribution in [2.24, 2.45) is 4.99 Å². The normalized spacial score (nSPS) is 16.3. The Bertz CT molecular complexity index is 1170. The molecular weight excluding hydrogens is 478 g/mol. The number of carbonyl (C=O) groups excluding carboxylic acids is 1. The number of hydrogen-bond acceptors (Lipinski definition) is 6. The van der Waals surface area contributed by atoms with Crippen molar-refractivity contribution in [1.29, 1.82) is 5.41 Å². The van der Waals surface area contributed by atoms with Crippen molar-refractivity contribution in [2.75, 3.05) is 20.3 Å². The SMILES string of the molecule is COc1cccc(OCCOc2ccc(/C=C3/C(=N)N4OC(C)=CC4=NC3=O)cc2Br)c1. The third-order valence-electron chi connectivity index (χ3n) is 4.60. The lowest BCUT2D eigenvalue weighted by Gasteiger charge is -2.23. The van der Waals surface area contributed by atoms with Gasteiger partial charge >= 0.3 is 0 Å². The Morgan fingerprint density at radius 2 is 1.94 bits per heavy atom. The van der Waals surface area contributed by atoms with E-state index in [2.05, 4.69) is 20.9 Å². The number of carbonyl (C=O) groups is 1. The third kappa shape index (κ3) is 4.67. The molecule has 4 rings (SSSR count). The summed E-state index contributed by atoms with van der Waals surface area (Å²) >= 11 is 3.49. The maximum Gasteiger partial charge on any atom is 0.282 e. The first kappa shape index (κ1) is 21.6. The van der Waals surface area contributed by atoms with E-state index in [0.717, 1.165) is 5.75 Å². The molecule has 0 spiro atoms. The van der Waals surface area contributed by atoms with E-state index in [9.17, 15) is 4.79 Å². The van der Waals surface area contributed by atoms with Gasteiger partial charge in [-0.05, 0) is 58.8 Å². The van der Waals surface area contributed by atoms with Crippen molar-refractivity contribution < 1.29 is 23.8 Å². The first-order valence-electron chi connectivity index (χ1n) is 9.74. The Hall–Kier alpha value is -3.59. The van der Waals surface area contributed by atoms with Crippen LogP contribution in [0.1, 0.15) is 12.5 Å². The smallest absolute Gasteiger partial charge is 0.282 e. The molecule has 0 unspecified atom stereocenters. The fourth-order valence-electron chi connectivity index (χ4n) is 3.09. The largest absolute Gasteiger partial charge is 0.497 e. The highest BCUT2D eigenvalue weighted by atomic mass is 79.9. The number of amidine groups is 2. The van der Waals surface area contributed by atoms with Gasteiger partial charge in [-0.2, -0.15) is 4.99 Å². The number of halogens is 1. The van der Waals surface area contributed by atoms with Crippen LogP contribution in [-0.4, -0.2) is 43.0 Å². The number of hydrogen-bond donors (Lipinski definition) is 1. The molecule has 9 heteroatoms. The molecule has 164 valence electrons. The Labute approximate surface area is 193 Å². The van der Waals surface area contributed by atoms with Gasteiger partial charge in [-0.25, -0.2) is 0 Å². The van der Waals surface area contributed by atoms with Crippen LogP contribution in [0.3, 0.4) is 0 Å². The van der Waals surface area contributed by atoms with E-state index in [1.807, 2.05) is 18.2 Å². The molecule has 0 bridgehead atoms. The summed E-state index contributed by atoms with van der Waals surface area (Å²) < 4.78 is 17.3. The van der Waals surface area contributed by atoms with E-state index in [-0.39, 0.29) is 11.4 Å². The number of benzene rings is 2. The van der Waals surface area contributed by atoms with E-state index in [1.54, 1.807) is 50.5 Å². The zero-order valence-electron chi connectivity index (χ0n) is 17.4. The summed E-state index contributed by atoms with van der Waals surface area (Å²) in [5.41, 5.74) is 0.858. The molecule has 0 aromatic heterocycles. The zero-order valence-corrected chi connectivity index (χ0v) is 19.0. The van der Waals surface area contributed by atoms with Crippen LogP contribution in [-0.2, 0) is 9.63 Å². The molecule has 8 nitrogen and oxygen atoms in total. The second-order valence-corrected chi connectivity index (χ2v) is 7.74. The number of nitrogens with one attached hydrogen (secondary N) is 1. The first-order chi connectivity index (χ1) is 15.4. The van der Waals surface area contributed by atoms with Gasteiger partial charge in [-0.15, -0.1) is 5.06 Å². The number of nitrogens with zero attached hydrogens (tertiary/aromatic N) is 2. The van der Waals surface area contributed by atoms with Gasteiger partial charge < -0.3 is 19.0 Å². The minimum absolute atomic E-state index is 0.0563. The molecular formula is C23H20BrN3O5. The average molecular weight is 498 g/mol. The molecule has 0 fully saturated rings. The Balaban J connectivity index is 1.38. The Morgan fingerprint density at radius 1 is 1.16 bits per heavy atom. The summed E-state index contributed by atoms with van der Waals surface area (Å²) in [6, 6.07) is 12.7. The van der Waals surface area contributed by atoms with Gasteiger partial charge in [0.15, 0.2) is 11.7 Å². The standard InChI is InChI=1S/C23H20BrN3O5/c1-14-10-21-26-23(28)18(22(25)27(21)32-14)11-15-6-7-20(19(24)12-15)31-9-8-30-17-5-3-4-16(13-17)29-2/h3-7,10-13,25H,8-9H2,1-2H3/b18-11-,25-22?. The molecule has 2 aromatic carbocycles. The molecule has 2 aliphatic rings. The van der Waals surface area contributed by atoms with Crippen LogP contribution in [0, 0.1) is 5.41 Å². The van der Waals surface area contributed by atoms with Gasteiger partial charge in [0, 0.05) is 12.1 Å². The molecule has 1 N–H and O–H groups in total. The first-order valence-corrected chi connectivity index (χ1v) is 10.5. The number of ether oxygens (including phenoxy) is 3. The molecule has 0 saturated carbocycles. The Morgan fingerprint density at radius 3 is 2.72 bits per heavy atom. The fraction of sp³-hybridized carbons (Fsp3) is 0.174. The molecule has 32 heavy (non-hydrogen) atoms. The second kappa shape index (κ2) is 9.27. The highest BCUT2D eigenvalue weighted by Crippen LogP contribution is 2.29. The van der Waals surface area contributed by atoms with E-state index in [0.29, 0.717) is 46.3 Å². The lowest BCUT2D eigenvalue weighted by atomic mass is 10.1. The van der Waals surface area contributed by atoms with Crippen LogP contribution in [0.4, 0.5) is 0 Å². The van der Waals surface area contributed by atoms with Crippen LogP contribution in [0.15, 0.2) is 69.3 Å². The van der Waals surface area contributed by atoms with Crippen LogP contribution in [0.5, 0.6) is 17.2 Å². The number of fused-ring (bicyclic) bond motifs is 1. The van der Waals surface area contributed by atoms with Crippen molar-refractivity contribution in [2.45, 2.75) is 6.92 Å². The lowest BCUT2D eigenvalue weighted by molar-refractivity contribution is -0.114. The molecule has 0 radical (unpaired) electrons. The predicted octanol–water partition coefficient (Wildman–Crippen LogP) is 4.37.